The molecule has 6 aliphatic rings. The number of aliphatic carboxylic acids is 3. The molecule has 4 aromatic carbocycles. The van der Waals surface area contributed by atoms with Crippen LogP contribution in [0.2, 0.25) is 20.1 Å². The van der Waals surface area contributed by atoms with Gasteiger partial charge in [-0.3, -0.25) is 28.8 Å². The van der Waals surface area contributed by atoms with Gasteiger partial charge in [-0.25, -0.2) is 33.7 Å². The maximum Gasteiger partial charge on any atom is 0.327 e. The van der Waals surface area contributed by atoms with Crippen LogP contribution in [0.1, 0.15) is 119 Å². The molecule has 26 nitrogen and oxygen atoms in total. The van der Waals surface area contributed by atoms with Crippen molar-refractivity contribution in [2.75, 3.05) is 60.6 Å². The van der Waals surface area contributed by atoms with Gasteiger partial charge in [0.15, 0.2) is 0 Å². The summed E-state index contributed by atoms with van der Waals surface area (Å²) in [6, 6.07) is 24.1. The van der Waals surface area contributed by atoms with E-state index in [1.165, 1.54) is 100 Å². The number of nitrogens with one attached hydrogen (secondary N) is 2. The number of ether oxygens (including phenoxy) is 3. The van der Waals surface area contributed by atoms with Crippen LogP contribution in [0.15, 0.2) is 117 Å². The monoisotopic (exact) mass is 1550 g/mol. The first-order valence-electron chi connectivity index (χ1n) is 30.6. The highest BCUT2D eigenvalue weighted by molar-refractivity contribution is 7.90. The lowest BCUT2D eigenvalue weighted by atomic mass is 10.0. The zero-order valence-electron chi connectivity index (χ0n) is 55.6. The number of carbonyl (C=O) groups is 6. The molecule has 0 bridgehead atoms. The van der Waals surface area contributed by atoms with Crippen LogP contribution in [0.3, 0.4) is 0 Å². The fraction of sp³-hybridized carbons (Fsp3) is 0.524. The Hall–Kier alpha value is -5.29. The van der Waals surface area contributed by atoms with Crippen molar-refractivity contribution in [3.63, 3.8) is 0 Å². The Morgan fingerprint density at radius 1 is 0.378 bits per heavy atom. The van der Waals surface area contributed by atoms with Gasteiger partial charge in [-0.15, -0.1) is 12.4 Å². The number of esters is 3. The number of methoxy groups -OCH3 is 3. The number of carboxylic acids is 3. The number of hydrogen-bond donors (Lipinski definition) is 5. The number of carboxylic acid groups (broad SMARTS) is 3. The third kappa shape index (κ3) is 19.3. The van der Waals surface area contributed by atoms with Gasteiger partial charge in [-0.1, -0.05) is 82.8 Å². The molecule has 35 heteroatoms. The first-order chi connectivity index (χ1) is 45.0. The molecule has 0 spiro atoms. The SMILES string of the molecule is COC(=O)[C@]1(C)CCCN1.COC(=O)[C@]1(C)CCCN1S(=O)(=O)c1cc(Cl)cc(Cl)c1.COC(=O)[C@]1(C)CCCN1S(=O)(=O)c1ccccc1.C[C@@]1(C(=O)O)CCCN1.C[C@@]1(C(=O)O)CCCN1S(=O)(=O)c1cc(Cl)cc(Cl)c1.C[C@@]1(C(=O)O)CCCN1S(=O)(=O)c1ccccc1.Cl. The number of benzene rings is 4. The van der Waals surface area contributed by atoms with Crippen molar-refractivity contribution in [2.24, 2.45) is 0 Å². The molecular formula is C63H85Cl5N6O20S4. The van der Waals surface area contributed by atoms with Gasteiger partial charge in [0.2, 0.25) is 40.1 Å². The minimum atomic E-state index is -3.95. The predicted octanol–water partition coefficient (Wildman–Crippen LogP) is 8.98. The second-order valence-corrected chi connectivity index (χ2v) is 34.0. The van der Waals surface area contributed by atoms with Crippen molar-refractivity contribution < 1.29 is 92.0 Å². The number of halogens is 5. The van der Waals surface area contributed by atoms with Gasteiger partial charge in [-0.2, -0.15) is 17.2 Å². The summed E-state index contributed by atoms with van der Waals surface area (Å²) < 4.78 is 119. The maximum atomic E-state index is 12.8. The van der Waals surface area contributed by atoms with Gasteiger partial charge in [0.1, 0.15) is 33.2 Å². The quantitative estimate of drug-likeness (QED) is 0.0580. The Labute approximate surface area is 599 Å². The lowest BCUT2D eigenvalue weighted by Crippen LogP contribution is -2.51. The van der Waals surface area contributed by atoms with Gasteiger partial charge >= 0.3 is 35.8 Å². The Kier molecular flexibility index (Phi) is 30.0. The van der Waals surface area contributed by atoms with Gasteiger partial charge in [-0.05, 0) is 192 Å². The highest BCUT2D eigenvalue weighted by atomic mass is 35.5. The Morgan fingerprint density at radius 3 is 0.888 bits per heavy atom. The fourth-order valence-electron chi connectivity index (χ4n) is 12.0. The van der Waals surface area contributed by atoms with E-state index in [0.29, 0.717) is 51.5 Å². The van der Waals surface area contributed by atoms with Crippen LogP contribution < -0.4 is 10.6 Å². The van der Waals surface area contributed by atoms with Crippen molar-refractivity contribution in [3.05, 3.63) is 117 Å². The summed E-state index contributed by atoms with van der Waals surface area (Å²) in [5.74, 6) is -4.22. The number of carbonyl (C=O) groups excluding carboxylic acids is 3. The van der Waals surface area contributed by atoms with Crippen LogP contribution in [0, 0.1) is 0 Å². The predicted molar refractivity (Wildman–Crippen MR) is 369 cm³/mol. The van der Waals surface area contributed by atoms with E-state index in [1.54, 1.807) is 57.2 Å². The van der Waals surface area contributed by atoms with Gasteiger partial charge in [0, 0.05) is 46.3 Å². The van der Waals surface area contributed by atoms with Crippen molar-refractivity contribution in [2.45, 2.75) is 171 Å². The van der Waals surface area contributed by atoms with E-state index in [1.807, 2.05) is 6.92 Å². The summed E-state index contributed by atoms with van der Waals surface area (Å²) in [5, 5.41) is 34.0. The number of sulfonamides is 4. The highest BCUT2D eigenvalue weighted by Crippen LogP contribution is 2.40. The molecule has 10 rings (SSSR count). The second-order valence-electron chi connectivity index (χ2n) is 24.8. The van der Waals surface area contributed by atoms with E-state index >= 15 is 0 Å². The molecule has 98 heavy (non-hydrogen) atoms. The third-order valence-corrected chi connectivity index (χ3v) is 26.8. The standard InChI is InChI=1S/C13H15Cl2NO4S.C13H17NO4S.C12H13Cl2NO4S.C12H15NO4S.C7H13NO2.C6H11NO2.ClH/c1-13(12(17)20-2)4-3-5-16(13)21(18,19)11-7-9(14)6-10(15)8-11;1-13(12(15)18-2)9-6-10-14(13)19(16,17)11-7-4-3-5-8-11;1-12(11(16)17)3-2-4-15(12)20(18,19)10-6-8(13)5-9(14)7-10;1-12(11(14)15)8-5-9-13(12)18(16,17)10-6-3-2-4-7-10;1-7(6(9)10-2)4-3-5-8-7;1-6(5(8)9)3-2-4-7-6;/h6-8H,3-5H2,1-2H3;3-5,7-8H,6,9-10H2,1-2H3;5-7H,2-4H2,1H3,(H,16,17);2-4,6-7H,5,8-9H2,1H3,(H,14,15);8H,3-5H2,1-2H3;7H,2-4H2,1H3,(H,8,9);1H/t2*13-;2*12-;7-;6-;/m000000./s1. The molecule has 5 N–H and O–H groups in total. The van der Waals surface area contributed by atoms with Crippen molar-refractivity contribution in [1.82, 2.24) is 27.9 Å². The highest BCUT2D eigenvalue weighted by Gasteiger charge is 2.54. The fourth-order valence-corrected chi connectivity index (χ4v) is 20.7. The van der Waals surface area contributed by atoms with Crippen LogP contribution in [0.4, 0.5) is 0 Å². The first kappa shape index (κ1) is 85.1. The summed E-state index contributed by atoms with van der Waals surface area (Å²) in [6.45, 7) is 12.4. The molecule has 6 saturated heterocycles. The van der Waals surface area contributed by atoms with Crippen molar-refractivity contribution >= 4 is 135 Å². The zero-order valence-corrected chi connectivity index (χ0v) is 62.7. The molecule has 6 aliphatic heterocycles. The molecule has 0 radical (unpaired) electrons. The summed E-state index contributed by atoms with van der Waals surface area (Å²) in [7, 11) is -11.3. The largest absolute Gasteiger partial charge is 0.480 e. The lowest BCUT2D eigenvalue weighted by Gasteiger charge is -2.31. The van der Waals surface area contributed by atoms with Crippen LogP contribution >= 0.6 is 58.8 Å². The van der Waals surface area contributed by atoms with Crippen LogP contribution in [0.5, 0.6) is 0 Å². The molecule has 6 fully saturated rings. The first-order valence-corrected chi connectivity index (χ1v) is 37.9. The zero-order chi connectivity index (χ0) is 73.0. The molecule has 546 valence electrons. The molecule has 6 atom stereocenters. The summed E-state index contributed by atoms with van der Waals surface area (Å²) in [6.07, 6.45) is 7.47. The number of nitrogens with zero attached hydrogens (tertiary/aromatic N) is 4. The van der Waals surface area contributed by atoms with E-state index in [4.69, 9.17) is 61.0 Å². The summed E-state index contributed by atoms with van der Waals surface area (Å²) in [5.41, 5.74) is -6.14. The Balaban J connectivity index is 0.000000255. The van der Waals surface area contributed by atoms with Crippen molar-refractivity contribution in [3.8, 4) is 0 Å². The van der Waals surface area contributed by atoms with E-state index in [9.17, 15) is 72.7 Å². The van der Waals surface area contributed by atoms with Gasteiger partial charge < -0.3 is 40.2 Å². The molecular weight excluding hydrogens is 1470 g/mol. The molecule has 0 aromatic heterocycles. The Bertz CT molecular complexity index is 3930. The Morgan fingerprint density at radius 2 is 0.643 bits per heavy atom. The molecule has 0 amide bonds. The molecule has 0 unspecified atom stereocenters. The number of rotatable bonds is 14. The van der Waals surface area contributed by atoms with Crippen molar-refractivity contribution in [1.29, 1.82) is 0 Å². The van der Waals surface area contributed by atoms with Gasteiger partial charge in [0.05, 0.1) is 40.9 Å². The molecule has 6 heterocycles. The smallest absolute Gasteiger partial charge is 0.327 e. The van der Waals surface area contributed by atoms with Crippen LogP contribution in [0.25, 0.3) is 0 Å². The normalized spacial score (nSPS) is 25.7. The van der Waals surface area contributed by atoms with Crippen LogP contribution in [-0.2, 0) is 83.1 Å². The van der Waals surface area contributed by atoms with E-state index in [2.05, 4.69) is 15.4 Å². The summed E-state index contributed by atoms with van der Waals surface area (Å²) >= 11 is 23.4. The minimum absolute atomic E-state index is 0. The third-order valence-electron chi connectivity index (χ3n) is 17.8. The lowest BCUT2D eigenvalue weighted by molar-refractivity contribution is -0.150. The average molecular weight is 1550 g/mol. The molecule has 0 saturated carbocycles. The minimum Gasteiger partial charge on any atom is -0.480 e. The average Bonchev–Trinajstić information content (AvgIpc) is 1.53. The molecule has 4 aromatic rings. The second kappa shape index (κ2) is 34.6. The van der Waals surface area contributed by atoms with E-state index in [0.717, 1.165) is 51.7 Å². The van der Waals surface area contributed by atoms with E-state index < -0.39 is 103 Å². The maximum absolute atomic E-state index is 12.8. The van der Waals surface area contributed by atoms with E-state index in [-0.39, 0.29) is 84.1 Å². The van der Waals surface area contributed by atoms with Crippen LogP contribution in [-0.4, -0.2) is 196 Å². The number of hydrogen-bond acceptors (Lipinski definition) is 19. The van der Waals surface area contributed by atoms with Gasteiger partial charge in [0.25, 0.3) is 0 Å². The molecule has 0 aliphatic carbocycles. The topological polar surface area (TPSA) is 364 Å². The summed E-state index contributed by atoms with van der Waals surface area (Å²) in [4.78, 5) is 68.3.